The maximum absolute atomic E-state index is 13.1. The molecule has 7 nitrogen and oxygen atoms in total. The first-order valence-corrected chi connectivity index (χ1v) is 11.5. The second-order valence-corrected chi connectivity index (χ2v) is 9.05. The fourth-order valence-electron chi connectivity index (χ4n) is 5.06. The standard InChI is InChI=1S/C27H32O7/c1-16(30)11-25(32)23(15-29)19(9-10-28)12-17-13-22-21(18-3-5-20(34-2)6-4-18)7-8-24(31)27(22)26(33)14-17/h3-8,17,19,23,28-29,31H,9-15H2,1-2H3. The van der Waals surface area contributed by atoms with E-state index in [0.717, 1.165) is 16.7 Å². The topological polar surface area (TPSA) is 121 Å². The number of hydrogen-bond donors (Lipinski definition) is 3. The van der Waals surface area contributed by atoms with Crippen LogP contribution in [0.5, 0.6) is 11.5 Å². The molecule has 2 aromatic rings. The van der Waals surface area contributed by atoms with E-state index in [9.17, 15) is 29.7 Å². The van der Waals surface area contributed by atoms with E-state index in [4.69, 9.17) is 4.74 Å². The largest absolute Gasteiger partial charge is 0.507 e. The van der Waals surface area contributed by atoms with Crippen molar-refractivity contribution in [1.29, 1.82) is 0 Å². The van der Waals surface area contributed by atoms with Crippen molar-refractivity contribution in [2.24, 2.45) is 17.8 Å². The van der Waals surface area contributed by atoms with Crippen molar-refractivity contribution in [2.75, 3.05) is 20.3 Å². The lowest BCUT2D eigenvalue weighted by molar-refractivity contribution is -0.131. The lowest BCUT2D eigenvalue weighted by Gasteiger charge is -2.31. The van der Waals surface area contributed by atoms with Gasteiger partial charge in [0.2, 0.25) is 0 Å². The van der Waals surface area contributed by atoms with Crippen molar-refractivity contribution in [3.63, 3.8) is 0 Å². The maximum atomic E-state index is 13.1. The van der Waals surface area contributed by atoms with Crippen molar-refractivity contribution in [2.45, 2.75) is 39.0 Å². The molecule has 3 atom stereocenters. The molecule has 3 rings (SSSR count). The van der Waals surface area contributed by atoms with Crippen LogP contribution >= 0.6 is 0 Å². The van der Waals surface area contributed by atoms with Crippen molar-refractivity contribution >= 4 is 17.3 Å². The predicted molar refractivity (Wildman–Crippen MR) is 127 cm³/mol. The molecule has 34 heavy (non-hydrogen) atoms. The molecule has 3 unspecified atom stereocenters. The number of phenols is 1. The number of carbonyl (C=O) groups excluding carboxylic acids is 3. The van der Waals surface area contributed by atoms with Crippen LogP contribution in [0.15, 0.2) is 36.4 Å². The zero-order valence-corrected chi connectivity index (χ0v) is 19.6. The summed E-state index contributed by atoms with van der Waals surface area (Å²) in [6.07, 6.45) is 1.19. The van der Waals surface area contributed by atoms with Crippen molar-refractivity contribution in [3.8, 4) is 22.6 Å². The van der Waals surface area contributed by atoms with E-state index in [2.05, 4.69) is 0 Å². The molecule has 0 saturated carbocycles. The minimum absolute atomic E-state index is 0.0486. The SMILES string of the molecule is COc1ccc(-c2ccc(O)c3c2CC(CC(CCO)C(CO)C(=O)CC(C)=O)CC3=O)cc1. The van der Waals surface area contributed by atoms with Crippen LogP contribution in [0.4, 0.5) is 0 Å². The van der Waals surface area contributed by atoms with Crippen LogP contribution in [0, 0.1) is 17.8 Å². The second kappa shape index (κ2) is 11.4. The molecule has 0 aliphatic heterocycles. The van der Waals surface area contributed by atoms with Gasteiger partial charge < -0.3 is 20.1 Å². The Bertz CT molecular complexity index is 1040. The molecule has 7 heteroatoms. The lowest BCUT2D eigenvalue weighted by atomic mass is 9.72. The van der Waals surface area contributed by atoms with Gasteiger partial charge in [-0.3, -0.25) is 14.4 Å². The molecule has 0 heterocycles. The summed E-state index contributed by atoms with van der Waals surface area (Å²) in [6.45, 7) is 0.757. The lowest BCUT2D eigenvalue weighted by Crippen LogP contribution is -2.32. The van der Waals surface area contributed by atoms with Crippen LogP contribution in [0.2, 0.25) is 0 Å². The number of ketones is 3. The molecule has 3 N–H and O–H groups in total. The molecule has 1 aliphatic carbocycles. The van der Waals surface area contributed by atoms with Gasteiger partial charge in [-0.05, 0) is 72.9 Å². The summed E-state index contributed by atoms with van der Waals surface area (Å²) in [7, 11) is 1.59. The number of methoxy groups -OCH3 is 1. The molecule has 0 radical (unpaired) electrons. The van der Waals surface area contributed by atoms with E-state index < -0.39 is 12.5 Å². The Morgan fingerprint density at radius 1 is 1.09 bits per heavy atom. The second-order valence-electron chi connectivity index (χ2n) is 9.05. The Kier molecular flexibility index (Phi) is 8.58. The van der Waals surface area contributed by atoms with Gasteiger partial charge in [-0.2, -0.15) is 0 Å². The number of benzene rings is 2. The Balaban J connectivity index is 1.91. The smallest absolute Gasteiger partial charge is 0.167 e. The van der Waals surface area contributed by atoms with Crippen molar-refractivity contribution < 1.29 is 34.4 Å². The van der Waals surface area contributed by atoms with Gasteiger partial charge in [-0.1, -0.05) is 18.2 Å². The monoisotopic (exact) mass is 468 g/mol. The van der Waals surface area contributed by atoms with E-state index in [1.54, 1.807) is 13.2 Å². The molecule has 0 saturated heterocycles. The Morgan fingerprint density at radius 2 is 1.79 bits per heavy atom. The number of fused-ring (bicyclic) bond motifs is 1. The predicted octanol–water partition coefficient (Wildman–Crippen LogP) is 3.36. The average Bonchev–Trinajstić information content (AvgIpc) is 2.79. The zero-order valence-electron chi connectivity index (χ0n) is 19.6. The summed E-state index contributed by atoms with van der Waals surface area (Å²) in [6, 6.07) is 10.8. The number of carbonyl (C=O) groups is 3. The summed E-state index contributed by atoms with van der Waals surface area (Å²) in [5.74, 6) is -1.37. The van der Waals surface area contributed by atoms with E-state index in [1.807, 2.05) is 24.3 Å². The summed E-state index contributed by atoms with van der Waals surface area (Å²) in [4.78, 5) is 37.1. The first-order valence-electron chi connectivity index (χ1n) is 11.5. The number of Topliss-reactive ketones (excluding diaryl/α,β-unsaturated/α-hetero) is 3. The summed E-state index contributed by atoms with van der Waals surface area (Å²) in [5.41, 5.74) is 2.82. The highest BCUT2D eigenvalue weighted by atomic mass is 16.5. The van der Waals surface area contributed by atoms with Gasteiger partial charge in [0.25, 0.3) is 0 Å². The highest BCUT2D eigenvalue weighted by molar-refractivity contribution is 6.03. The molecule has 0 fully saturated rings. The zero-order chi connectivity index (χ0) is 24.8. The fourth-order valence-corrected chi connectivity index (χ4v) is 5.06. The third-order valence-corrected chi connectivity index (χ3v) is 6.68. The summed E-state index contributed by atoms with van der Waals surface area (Å²) >= 11 is 0. The van der Waals surface area contributed by atoms with Gasteiger partial charge in [0.05, 0.1) is 25.7 Å². The normalized spacial score (nSPS) is 17.1. The molecule has 0 aromatic heterocycles. The summed E-state index contributed by atoms with van der Waals surface area (Å²) < 4.78 is 5.23. The highest BCUT2D eigenvalue weighted by Crippen LogP contribution is 2.41. The minimum Gasteiger partial charge on any atom is -0.507 e. The fraction of sp³-hybridized carbons (Fsp3) is 0.444. The molecule has 0 bridgehead atoms. The average molecular weight is 469 g/mol. The maximum Gasteiger partial charge on any atom is 0.167 e. The third kappa shape index (κ3) is 5.72. The van der Waals surface area contributed by atoms with Crippen LogP contribution in [0.25, 0.3) is 11.1 Å². The molecule has 1 aliphatic rings. The van der Waals surface area contributed by atoms with Crippen molar-refractivity contribution in [1.82, 2.24) is 0 Å². The van der Waals surface area contributed by atoms with Crippen molar-refractivity contribution in [3.05, 3.63) is 47.5 Å². The van der Waals surface area contributed by atoms with Gasteiger partial charge >= 0.3 is 0 Å². The summed E-state index contributed by atoms with van der Waals surface area (Å²) in [5, 5.41) is 29.9. The number of rotatable bonds is 11. The molecule has 0 amide bonds. The van der Waals surface area contributed by atoms with Crippen LogP contribution in [-0.2, 0) is 16.0 Å². The number of aromatic hydroxyl groups is 1. The molecular weight excluding hydrogens is 436 g/mol. The number of aliphatic hydroxyl groups is 2. The Labute approximate surface area is 199 Å². The van der Waals surface area contributed by atoms with E-state index in [0.29, 0.717) is 24.2 Å². The van der Waals surface area contributed by atoms with Gasteiger partial charge in [-0.15, -0.1) is 0 Å². The molecule has 182 valence electrons. The van der Waals surface area contributed by atoms with E-state index in [-0.39, 0.29) is 60.8 Å². The number of aliphatic hydroxyl groups excluding tert-OH is 2. The van der Waals surface area contributed by atoms with Gasteiger partial charge in [0.15, 0.2) is 5.78 Å². The Hall–Kier alpha value is -3.03. The minimum atomic E-state index is -0.766. The van der Waals surface area contributed by atoms with Gasteiger partial charge in [-0.25, -0.2) is 0 Å². The number of phenolic OH excluding ortho intramolecular Hbond substituents is 1. The quantitative estimate of drug-likeness (QED) is 0.432. The number of ether oxygens (including phenoxy) is 1. The van der Waals surface area contributed by atoms with Gasteiger partial charge in [0, 0.05) is 18.9 Å². The van der Waals surface area contributed by atoms with Crippen LogP contribution in [0.3, 0.4) is 0 Å². The number of hydrogen-bond acceptors (Lipinski definition) is 7. The van der Waals surface area contributed by atoms with E-state index in [1.165, 1.54) is 13.0 Å². The van der Waals surface area contributed by atoms with Crippen LogP contribution in [0.1, 0.15) is 48.5 Å². The first kappa shape index (κ1) is 25.6. The highest BCUT2D eigenvalue weighted by Gasteiger charge is 2.35. The Morgan fingerprint density at radius 3 is 2.38 bits per heavy atom. The van der Waals surface area contributed by atoms with Crippen LogP contribution < -0.4 is 4.74 Å². The van der Waals surface area contributed by atoms with E-state index >= 15 is 0 Å². The van der Waals surface area contributed by atoms with Gasteiger partial charge in [0.1, 0.15) is 23.1 Å². The first-order chi connectivity index (χ1) is 16.3. The molecule has 2 aromatic carbocycles. The third-order valence-electron chi connectivity index (χ3n) is 6.68. The van der Waals surface area contributed by atoms with Crippen LogP contribution in [-0.4, -0.2) is 53.0 Å². The molecule has 0 spiro atoms. The molecular formula is C27H32O7.